The molecule has 0 spiro atoms. The first kappa shape index (κ1) is 28.5. The molecule has 1 saturated carbocycles. The fourth-order valence-electron chi connectivity index (χ4n) is 4.71. The van der Waals surface area contributed by atoms with Gasteiger partial charge in [0.1, 0.15) is 11.8 Å². The molecule has 200 valence electrons. The zero-order chi connectivity index (χ0) is 26.9. The van der Waals surface area contributed by atoms with Crippen LogP contribution < -0.4 is 10.1 Å². The zero-order valence-corrected chi connectivity index (χ0v) is 24.1. The van der Waals surface area contributed by atoms with Crippen molar-refractivity contribution in [1.82, 2.24) is 10.2 Å². The minimum Gasteiger partial charge on any atom is -0.484 e. The lowest BCUT2D eigenvalue weighted by molar-refractivity contribution is -0.143. The summed E-state index contributed by atoms with van der Waals surface area (Å²) < 4.78 is 6.73. The van der Waals surface area contributed by atoms with E-state index >= 15 is 0 Å². The van der Waals surface area contributed by atoms with Crippen LogP contribution in [0.4, 0.5) is 0 Å². The van der Waals surface area contributed by atoms with Crippen molar-refractivity contribution in [1.29, 1.82) is 0 Å². The number of rotatable bonds is 10. The molecule has 0 radical (unpaired) electrons. The molecule has 0 aliphatic heterocycles. The average molecular weight is 618 g/mol. The molecular weight excluding hydrogens is 587 g/mol. The lowest BCUT2D eigenvalue weighted by Gasteiger charge is -2.33. The summed E-state index contributed by atoms with van der Waals surface area (Å²) in [5, 5.41) is 4.10. The van der Waals surface area contributed by atoms with Crippen molar-refractivity contribution in [2.45, 2.75) is 57.2 Å². The SMILES string of the molecule is O=C(NC1CCCCC1)[C@@H](Cc1ccccc1)N(Cc1c(Cl)cccc1Cl)C(=O)COc1ccc(Br)cc1. The third-order valence-electron chi connectivity index (χ3n) is 6.79. The number of carbonyl (C=O) groups is 2. The topological polar surface area (TPSA) is 58.6 Å². The van der Waals surface area contributed by atoms with Crippen molar-refractivity contribution < 1.29 is 14.3 Å². The van der Waals surface area contributed by atoms with Crippen molar-refractivity contribution in [2.75, 3.05) is 6.61 Å². The molecule has 3 aromatic carbocycles. The molecule has 0 aromatic heterocycles. The molecule has 4 rings (SSSR count). The van der Waals surface area contributed by atoms with E-state index in [9.17, 15) is 9.59 Å². The Bertz CT molecular complexity index is 1200. The van der Waals surface area contributed by atoms with Crippen molar-refractivity contribution in [2.24, 2.45) is 0 Å². The van der Waals surface area contributed by atoms with Crippen LogP contribution in [0.15, 0.2) is 77.3 Å². The Kier molecular flexibility index (Phi) is 10.5. The highest BCUT2D eigenvalue weighted by Crippen LogP contribution is 2.28. The van der Waals surface area contributed by atoms with Gasteiger partial charge in [-0.2, -0.15) is 0 Å². The maximum atomic E-state index is 13.8. The van der Waals surface area contributed by atoms with Gasteiger partial charge >= 0.3 is 0 Å². The summed E-state index contributed by atoms with van der Waals surface area (Å²) in [5.74, 6) is 0.0492. The van der Waals surface area contributed by atoms with E-state index in [1.165, 1.54) is 6.42 Å². The molecule has 38 heavy (non-hydrogen) atoms. The quantitative estimate of drug-likeness (QED) is 0.261. The largest absolute Gasteiger partial charge is 0.484 e. The number of halogens is 3. The Morgan fingerprint density at radius 1 is 0.921 bits per heavy atom. The van der Waals surface area contributed by atoms with Crippen LogP contribution in [-0.2, 0) is 22.6 Å². The Balaban J connectivity index is 1.64. The van der Waals surface area contributed by atoms with Gasteiger partial charge in [0.15, 0.2) is 6.61 Å². The van der Waals surface area contributed by atoms with Crippen molar-refractivity contribution in [3.63, 3.8) is 0 Å². The van der Waals surface area contributed by atoms with Crippen LogP contribution in [0.1, 0.15) is 43.2 Å². The summed E-state index contributed by atoms with van der Waals surface area (Å²) in [4.78, 5) is 29.1. The first-order valence-electron chi connectivity index (χ1n) is 12.9. The maximum Gasteiger partial charge on any atom is 0.261 e. The van der Waals surface area contributed by atoms with E-state index in [2.05, 4.69) is 21.2 Å². The Morgan fingerprint density at radius 3 is 2.24 bits per heavy atom. The summed E-state index contributed by atoms with van der Waals surface area (Å²) >= 11 is 16.4. The van der Waals surface area contributed by atoms with E-state index in [4.69, 9.17) is 27.9 Å². The first-order chi connectivity index (χ1) is 18.4. The monoisotopic (exact) mass is 616 g/mol. The lowest BCUT2D eigenvalue weighted by atomic mass is 9.94. The van der Waals surface area contributed by atoms with Gasteiger partial charge in [-0.25, -0.2) is 0 Å². The van der Waals surface area contributed by atoms with Gasteiger partial charge in [0.2, 0.25) is 5.91 Å². The van der Waals surface area contributed by atoms with E-state index in [1.807, 2.05) is 42.5 Å². The molecule has 1 aliphatic rings. The number of nitrogens with zero attached hydrogens (tertiary/aromatic N) is 1. The number of benzene rings is 3. The first-order valence-corrected chi connectivity index (χ1v) is 14.4. The van der Waals surface area contributed by atoms with Crippen molar-refractivity contribution in [3.05, 3.63) is 98.4 Å². The predicted octanol–water partition coefficient (Wildman–Crippen LogP) is 7.22. The van der Waals surface area contributed by atoms with Crippen molar-refractivity contribution in [3.8, 4) is 5.75 Å². The number of nitrogens with one attached hydrogen (secondary N) is 1. The molecule has 3 aromatic rings. The van der Waals surface area contributed by atoms with E-state index < -0.39 is 6.04 Å². The van der Waals surface area contributed by atoms with Gasteiger partial charge in [-0.15, -0.1) is 0 Å². The zero-order valence-electron chi connectivity index (χ0n) is 21.0. The second kappa shape index (κ2) is 14.0. The molecule has 0 bridgehead atoms. The van der Waals surface area contributed by atoms with Crippen molar-refractivity contribution >= 4 is 50.9 Å². The van der Waals surface area contributed by atoms with Crippen LogP contribution >= 0.6 is 39.1 Å². The lowest BCUT2D eigenvalue weighted by Crippen LogP contribution is -2.53. The number of hydrogen-bond acceptors (Lipinski definition) is 3. The molecule has 2 amide bonds. The van der Waals surface area contributed by atoms with Gasteiger partial charge in [0, 0.05) is 39.1 Å². The number of hydrogen-bond donors (Lipinski definition) is 1. The molecule has 0 unspecified atom stereocenters. The summed E-state index contributed by atoms with van der Waals surface area (Å²) in [6.45, 7) is -0.150. The fourth-order valence-corrected chi connectivity index (χ4v) is 5.49. The second-order valence-corrected chi connectivity index (χ2v) is 11.2. The van der Waals surface area contributed by atoms with E-state index in [1.54, 1.807) is 35.2 Å². The summed E-state index contributed by atoms with van der Waals surface area (Å²) in [5.41, 5.74) is 1.55. The summed E-state index contributed by atoms with van der Waals surface area (Å²) in [6.07, 6.45) is 5.61. The van der Waals surface area contributed by atoms with Gasteiger partial charge in [-0.1, -0.05) is 94.8 Å². The predicted molar refractivity (Wildman–Crippen MR) is 156 cm³/mol. The minimum atomic E-state index is -0.771. The second-order valence-electron chi connectivity index (χ2n) is 9.51. The van der Waals surface area contributed by atoms with Crippen LogP contribution in [0.2, 0.25) is 10.0 Å². The molecule has 0 saturated heterocycles. The third kappa shape index (κ3) is 7.98. The van der Waals surface area contributed by atoms with Gasteiger partial charge in [0.25, 0.3) is 5.91 Å². The van der Waals surface area contributed by atoms with Crippen LogP contribution in [0, 0.1) is 0 Å². The average Bonchev–Trinajstić information content (AvgIpc) is 2.92. The van der Waals surface area contributed by atoms with Gasteiger partial charge in [-0.3, -0.25) is 9.59 Å². The van der Waals surface area contributed by atoms with Gasteiger partial charge in [0.05, 0.1) is 0 Å². The van der Waals surface area contributed by atoms with E-state index in [-0.39, 0.29) is 31.0 Å². The fraction of sp³-hybridized carbons (Fsp3) is 0.333. The maximum absolute atomic E-state index is 13.8. The van der Waals surface area contributed by atoms with Crippen LogP contribution in [0.3, 0.4) is 0 Å². The molecule has 0 heterocycles. The van der Waals surface area contributed by atoms with Crippen LogP contribution in [0.5, 0.6) is 5.75 Å². The molecule has 1 aliphatic carbocycles. The molecule has 1 fully saturated rings. The Hall–Kier alpha value is -2.54. The minimum absolute atomic E-state index is 0.0800. The molecular formula is C30H31BrCl2N2O3. The smallest absolute Gasteiger partial charge is 0.261 e. The molecule has 1 atom stereocenters. The van der Waals surface area contributed by atoms with E-state index in [0.717, 1.165) is 35.7 Å². The van der Waals surface area contributed by atoms with Gasteiger partial charge in [-0.05, 0) is 54.8 Å². The number of amides is 2. The number of carbonyl (C=O) groups excluding carboxylic acids is 2. The highest BCUT2D eigenvalue weighted by molar-refractivity contribution is 9.10. The van der Waals surface area contributed by atoms with Crippen LogP contribution in [-0.4, -0.2) is 35.4 Å². The van der Waals surface area contributed by atoms with Gasteiger partial charge < -0.3 is 15.0 Å². The number of ether oxygens (including phenoxy) is 1. The molecule has 8 heteroatoms. The highest BCUT2D eigenvalue weighted by Gasteiger charge is 2.33. The normalized spacial score (nSPS) is 14.5. The summed E-state index contributed by atoms with van der Waals surface area (Å²) in [6, 6.07) is 21.5. The van der Waals surface area contributed by atoms with Crippen LogP contribution in [0.25, 0.3) is 0 Å². The molecule has 1 N–H and O–H groups in total. The van der Waals surface area contributed by atoms with E-state index in [0.29, 0.717) is 27.8 Å². The Labute approximate surface area is 242 Å². The highest BCUT2D eigenvalue weighted by atomic mass is 79.9. The molecule has 5 nitrogen and oxygen atoms in total. The Morgan fingerprint density at radius 2 is 1.58 bits per heavy atom. The summed E-state index contributed by atoms with van der Waals surface area (Å²) in [7, 11) is 0. The third-order valence-corrected chi connectivity index (χ3v) is 8.03. The standard InChI is InChI=1S/C30H31BrCl2N2O3/c31-22-14-16-24(17-15-22)38-20-29(36)35(19-25-26(32)12-7-13-27(25)33)28(18-21-8-3-1-4-9-21)30(37)34-23-10-5-2-6-11-23/h1,3-4,7-9,12-17,23,28H,2,5-6,10-11,18-20H2,(H,34,37)/t28-/m1/s1.